The zero-order chi connectivity index (χ0) is 17.0. The number of carboxylic acid groups (broad SMARTS) is 1. The molecule has 0 saturated heterocycles. The molecule has 0 radical (unpaired) electrons. The van der Waals surface area contributed by atoms with E-state index in [1.807, 2.05) is 6.92 Å². The van der Waals surface area contributed by atoms with Gasteiger partial charge in [0.15, 0.2) is 5.60 Å². The minimum absolute atomic E-state index is 0.0617. The molecule has 1 fully saturated rings. The van der Waals surface area contributed by atoms with Gasteiger partial charge in [-0.2, -0.15) is 0 Å². The van der Waals surface area contributed by atoms with Crippen LogP contribution in [0.4, 0.5) is 0 Å². The molecule has 0 heterocycles. The third kappa shape index (κ3) is 3.57. The Morgan fingerprint density at radius 2 is 1.91 bits per heavy atom. The van der Waals surface area contributed by atoms with Gasteiger partial charge in [0.05, 0.1) is 0 Å². The minimum Gasteiger partial charge on any atom is -0.481 e. The van der Waals surface area contributed by atoms with E-state index < -0.39 is 23.5 Å². The molecular weight excluding hydrogens is 292 g/mol. The number of hydrogen-bond acceptors (Lipinski definition) is 3. The fraction of sp³-hybridized carbons (Fsp3) is 0.579. The first-order valence-electron chi connectivity index (χ1n) is 8.36. The summed E-state index contributed by atoms with van der Waals surface area (Å²) in [6.07, 6.45) is 12.5. The maximum atomic E-state index is 12.2. The third-order valence-electron chi connectivity index (χ3n) is 5.21. The molecule has 0 aliphatic heterocycles. The molecular formula is C19H26O4. The Hall–Kier alpha value is -1.84. The van der Waals surface area contributed by atoms with Crippen molar-refractivity contribution in [3.8, 4) is 0 Å². The fourth-order valence-corrected chi connectivity index (χ4v) is 3.79. The van der Waals surface area contributed by atoms with Crippen molar-refractivity contribution in [1.29, 1.82) is 0 Å². The molecule has 23 heavy (non-hydrogen) atoms. The highest BCUT2D eigenvalue weighted by Crippen LogP contribution is 2.44. The average molecular weight is 318 g/mol. The van der Waals surface area contributed by atoms with Crippen LogP contribution in [0.2, 0.25) is 0 Å². The Morgan fingerprint density at radius 1 is 1.26 bits per heavy atom. The molecule has 1 N–H and O–H groups in total. The molecule has 0 bridgehead atoms. The second-order valence-electron chi connectivity index (χ2n) is 6.77. The van der Waals surface area contributed by atoms with Crippen LogP contribution in [0.5, 0.6) is 0 Å². The molecule has 0 spiro atoms. The highest BCUT2D eigenvalue weighted by atomic mass is 16.6. The van der Waals surface area contributed by atoms with Crippen LogP contribution in [-0.2, 0) is 14.3 Å². The van der Waals surface area contributed by atoms with E-state index in [4.69, 9.17) is 4.74 Å². The van der Waals surface area contributed by atoms with E-state index in [9.17, 15) is 14.7 Å². The van der Waals surface area contributed by atoms with E-state index in [0.717, 1.165) is 25.7 Å². The van der Waals surface area contributed by atoms with E-state index in [2.05, 4.69) is 6.58 Å². The molecule has 2 aliphatic carbocycles. The van der Waals surface area contributed by atoms with Crippen molar-refractivity contribution < 1.29 is 19.4 Å². The first kappa shape index (κ1) is 17.5. The SMILES string of the molecule is C=C(C)C(=O)OC1(C(C)C2CCCCC2)C=CC=CC1C(=O)O. The predicted molar refractivity (Wildman–Crippen MR) is 88.8 cm³/mol. The van der Waals surface area contributed by atoms with Crippen LogP contribution < -0.4 is 0 Å². The molecule has 4 nitrogen and oxygen atoms in total. The van der Waals surface area contributed by atoms with Gasteiger partial charge in [0.25, 0.3) is 0 Å². The zero-order valence-electron chi connectivity index (χ0n) is 14.0. The van der Waals surface area contributed by atoms with Crippen LogP contribution in [0.3, 0.4) is 0 Å². The normalized spacial score (nSPS) is 29.0. The van der Waals surface area contributed by atoms with Gasteiger partial charge in [0.2, 0.25) is 0 Å². The van der Waals surface area contributed by atoms with Crippen molar-refractivity contribution in [2.45, 2.75) is 51.6 Å². The lowest BCUT2D eigenvalue weighted by molar-refractivity contribution is -0.170. The van der Waals surface area contributed by atoms with Gasteiger partial charge in [0, 0.05) is 11.5 Å². The van der Waals surface area contributed by atoms with Gasteiger partial charge < -0.3 is 9.84 Å². The second kappa shape index (κ2) is 7.16. The summed E-state index contributed by atoms with van der Waals surface area (Å²) in [5.41, 5.74) is -0.856. The molecule has 0 aromatic carbocycles. The molecule has 2 aliphatic rings. The minimum atomic E-state index is -1.14. The lowest BCUT2D eigenvalue weighted by atomic mass is 9.66. The Balaban J connectivity index is 2.38. The average Bonchev–Trinajstić information content (AvgIpc) is 2.55. The summed E-state index contributed by atoms with van der Waals surface area (Å²) >= 11 is 0. The van der Waals surface area contributed by atoms with Gasteiger partial charge in [-0.3, -0.25) is 4.79 Å². The van der Waals surface area contributed by atoms with Crippen molar-refractivity contribution in [2.75, 3.05) is 0 Å². The number of aliphatic carboxylic acids is 1. The quantitative estimate of drug-likeness (QED) is 0.617. The van der Waals surface area contributed by atoms with E-state index in [1.165, 1.54) is 6.42 Å². The van der Waals surface area contributed by atoms with Crippen molar-refractivity contribution in [3.63, 3.8) is 0 Å². The Kier molecular flexibility index (Phi) is 5.45. The number of carbonyl (C=O) groups excluding carboxylic acids is 1. The first-order valence-corrected chi connectivity index (χ1v) is 8.36. The van der Waals surface area contributed by atoms with Crippen LogP contribution in [0.1, 0.15) is 46.0 Å². The molecule has 3 atom stereocenters. The maximum absolute atomic E-state index is 12.2. The van der Waals surface area contributed by atoms with E-state index in [-0.39, 0.29) is 11.5 Å². The van der Waals surface area contributed by atoms with Gasteiger partial charge >= 0.3 is 11.9 Å². The number of carboxylic acids is 1. The number of allylic oxidation sites excluding steroid dienone is 2. The summed E-state index contributed by atoms with van der Waals surface area (Å²) in [6, 6.07) is 0. The van der Waals surface area contributed by atoms with Crippen molar-refractivity contribution in [3.05, 3.63) is 36.5 Å². The predicted octanol–water partition coefficient (Wildman–Crippen LogP) is 3.89. The number of carbonyl (C=O) groups is 2. The Morgan fingerprint density at radius 3 is 2.48 bits per heavy atom. The third-order valence-corrected chi connectivity index (χ3v) is 5.21. The summed E-state index contributed by atoms with van der Waals surface area (Å²) in [5.74, 6) is -2.07. The Labute approximate surface area is 137 Å². The molecule has 0 aromatic rings. The monoisotopic (exact) mass is 318 g/mol. The first-order chi connectivity index (χ1) is 10.9. The largest absolute Gasteiger partial charge is 0.481 e. The molecule has 4 heteroatoms. The van der Waals surface area contributed by atoms with Gasteiger partial charge in [-0.1, -0.05) is 63.8 Å². The number of rotatable bonds is 5. The number of esters is 1. The second-order valence-corrected chi connectivity index (χ2v) is 6.77. The zero-order valence-corrected chi connectivity index (χ0v) is 14.0. The van der Waals surface area contributed by atoms with Gasteiger partial charge in [-0.25, -0.2) is 4.79 Å². The molecule has 0 amide bonds. The van der Waals surface area contributed by atoms with E-state index in [1.54, 1.807) is 31.2 Å². The molecule has 1 saturated carbocycles. The summed E-state index contributed by atoms with van der Waals surface area (Å²) in [4.78, 5) is 24.0. The summed E-state index contributed by atoms with van der Waals surface area (Å²) in [6.45, 7) is 7.23. The van der Waals surface area contributed by atoms with Gasteiger partial charge in [-0.15, -0.1) is 0 Å². The van der Waals surface area contributed by atoms with Crippen molar-refractivity contribution in [1.82, 2.24) is 0 Å². The lowest BCUT2D eigenvalue weighted by Crippen LogP contribution is -2.52. The van der Waals surface area contributed by atoms with E-state index >= 15 is 0 Å². The van der Waals surface area contributed by atoms with Crippen LogP contribution in [0, 0.1) is 17.8 Å². The highest BCUT2D eigenvalue weighted by Gasteiger charge is 2.50. The van der Waals surface area contributed by atoms with E-state index in [0.29, 0.717) is 5.92 Å². The van der Waals surface area contributed by atoms with Crippen LogP contribution >= 0.6 is 0 Å². The number of ether oxygens (including phenoxy) is 1. The molecule has 126 valence electrons. The van der Waals surface area contributed by atoms with Gasteiger partial charge in [0.1, 0.15) is 5.92 Å². The molecule has 3 unspecified atom stereocenters. The van der Waals surface area contributed by atoms with Gasteiger partial charge in [-0.05, 0) is 18.9 Å². The Bertz CT molecular complexity index is 540. The topological polar surface area (TPSA) is 63.6 Å². The lowest BCUT2D eigenvalue weighted by Gasteiger charge is -2.44. The summed E-state index contributed by atoms with van der Waals surface area (Å²) in [7, 11) is 0. The van der Waals surface area contributed by atoms with Crippen LogP contribution in [0.25, 0.3) is 0 Å². The summed E-state index contributed by atoms with van der Waals surface area (Å²) < 4.78 is 5.77. The van der Waals surface area contributed by atoms with Crippen molar-refractivity contribution >= 4 is 11.9 Å². The van der Waals surface area contributed by atoms with Crippen molar-refractivity contribution in [2.24, 2.45) is 17.8 Å². The highest BCUT2D eigenvalue weighted by molar-refractivity contribution is 5.88. The maximum Gasteiger partial charge on any atom is 0.334 e. The standard InChI is InChI=1S/C19H26O4/c1-13(2)18(22)23-19(12-8-7-11-16(19)17(20)21)14(3)15-9-5-4-6-10-15/h7-8,11-12,14-16H,1,4-6,9-10H2,2-3H3,(H,20,21). The summed E-state index contributed by atoms with van der Waals surface area (Å²) in [5, 5.41) is 9.67. The fourth-order valence-electron chi connectivity index (χ4n) is 3.79. The number of hydrogen-bond donors (Lipinski definition) is 1. The smallest absolute Gasteiger partial charge is 0.334 e. The van der Waals surface area contributed by atoms with Crippen LogP contribution in [0.15, 0.2) is 36.5 Å². The molecule has 2 rings (SSSR count). The van der Waals surface area contributed by atoms with Crippen LogP contribution in [-0.4, -0.2) is 22.6 Å². The molecule has 0 aromatic heterocycles.